The molecule has 0 spiro atoms. The highest BCUT2D eigenvalue weighted by atomic mass is 35.5. The average Bonchev–Trinajstić information content (AvgIpc) is 3.24. The highest BCUT2D eigenvalue weighted by Gasteiger charge is 2.35. The van der Waals surface area contributed by atoms with E-state index in [0.29, 0.717) is 33.7 Å². The number of furan rings is 1. The number of anilines is 2. The third-order valence-electron chi connectivity index (χ3n) is 4.09. The Kier molecular flexibility index (Phi) is 3.96. The molecule has 3 aromatic rings. The molecule has 0 saturated heterocycles. The second-order valence-electron chi connectivity index (χ2n) is 5.92. The van der Waals surface area contributed by atoms with Crippen molar-refractivity contribution in [2.45, 2.75) is 19.9 Å². The van der Waals surface area contributed by atoms with Gasteiger partial charge in [-0.15, -0.1) is 0 Å². The maximum atomic E-state index is 13.0. The Morgan fingerprint density at radius 1 is 1.23 bits per heavy atom. The van der Waals surface area contributed by atoms with Crippen LogP contribution in [0.1, 0.15) is 24.5 Å². The quantitative estimate of drug-likeness (QED) is 0.735. The van der Waals surface area contributed by atoms with Crippen molar-refractivity contribution in [2.24, 2.45) is 0 Å². The zero-order valence-electron chi connectivity index (χ0n) is 14.0. The first-order valence-electron chi connectivity index (χ1n) is 7.92. The number of hydrogen-bond donors (Lipinski definition) is 2. The van der Waals surface area contributed by atoms with Crippen LogP contribution in [0.3, 0.4) is 0 Å². The zero-order chi connectivity index (χ0) is 18.3. The summed E-state index contributed by atoms with van der Waals surface area (Å²) in [6, 6.07) is 9.99. The second-order valence-corrected chi connectivity index (χ2v) is 6.36. The van der Waals surface area contributed by atoms with Crippen molar-refractivity contribution in [1.29, 1.82) is 0 Å². The van der Waals surface area contributed by atoms with Crippen LogP contribution in [0.2, 0.25) is 5.02 Å². The van der Waals surface area contributed by atoms with Crippen LogP contribution in [0.4, 0.5) is 11.6 Å². The molecule has 0 saturated carbocycles. The highest BCUT2D eigenvalue weighted by molar-refractivity contribution is 6.30. The Hall–Kier alpha value is -3.13. The van der Waals surface area contributed by atoms with Gasteiger partial charge in [0.2, 0.25) is 5.95 Å². The van der Waals surface area contributed by atoms with E-state index in [0.717, 1.165) is 5.76 Å². The van der Waals surface area contributed by atoms with E-state index in [1.165, 1.54) is 4.68 Å². The van der Waals surface area contributed by atoms with Crippen molar-refractivity contribution in [3.8, 4) is 0 Å². The summed E-state index contributed by atoms with van der Waals surface area (Å²) in [7, 11) is 0. The summed E-state index contributed by atoms with van der Waals surface area (Å²) >= 11 is 5.90. The van der Waals surface area contributed by atoms with Gasteiger partial charge in [0.15, 0.2) is 0 Å². The van der Waals surface area contributed by atoms with Gasteiger partial charge in [0.05, 0.1) is 5.57 Å². The molecule has 3 heterocycles. The fraction of sp³-hybridized carbons (Fsp3) is 0.176. The molecular weight excluding hydrogens is 356 g/mol. The van der Waals surface area contributed by atoms with Crippen molar-refractivity contribution in [3.05, 3.63) is 64.2 Å². The molecule has 8 nitrogen and oxygen atoms in total. The minimum absolute atomic E-state index is 0.280. The zero-order valence-corrected chi connectivity index (χ0v) is 14.8. The molecule has 1 aliphatic heterocycles. The van der Waals surface area contributed by atoms with E-state index in [-0.39, 0.29) is 5.91 Å². The minimum Gasteiger partial charge on any atom is -0.464 e. The molecule has 132 valence electrons. The van der Waals surface area contributed by atoms with Crippen molar-refractivity contribution in [1.82, 2.24) is 20.2 Å². The van der Waals surface area contributed by atoms with E-state index in [9.17, 15) is 4.79 Å². The summed E-state index contributed by atoms with van der Waals surface area (Å²) in [5.74, 6) is 1.49. The predicted octanol–water partition coefficient (Wildman–Crippen LogP) is 3.16. The van der Waals surface area contributed by atoms with Crippen LogP contribution in [0, 0.1) is 6.92 Å². The van der Waals surface area contributed by atoms with E-state index in [4.69, 9.17) is 16.0 Å². The topological polar surface area (TPSA) is 97.9 Å². The van der Waals surface area contributed by atoms with Gasteiger partial charge in [-0.1, -0.05) is 16.7 Å². The lowest BCUT2D eigenvalue weighted by molar-refractivity contribution is -0.113. The number of nitrogens with one attached hydrogen (secondary N) is 2. The van der Waals surface area contributed by atoms with E-state index < -0.39 is 6.04 Å². The third-order valence-corrected chi connectivity index (χ3v) is 4.34. The fourth-order valence-corrected chi connectivity index (χ4v) is 3.03. The Balaban J connectivity index is 1.74. The number of aryl methyl sites for hydroxylation is 1. The number of amides is 1. The molecule has 1 aromatic carbocycles. The van der Waals surface area contributed by atoms with Gasteiger partial charge in [0.25, 0.3) is 5.91 Å². The van der Waals surface area contributed by atoms with Gasteiger partial charge in [0.1, 0.15) is 17.6 Å². The first kappa shape index (κ1) is 16.3. The Morgan fingerprint density at radius 3 is 2.69 bits per heavy atom. The van der Waals surface area contributed by atoms with E-state index in [1.807, 2.05) is 19.1 Å². The van der Waals surface area contributed by atoms with Gasteiger partial charge in [-0.25, -0.2) is 0 Å². The summed E-state index contributed by atoms with van der Waals surface area (Å²) in [6.07, 6.45) is 0. The summed E-state index contributed by atoms with van der Waals surface area (Å²) in [5.41, 5.74) is 1.75. The van der Waals surface area contributed by atoms with Crippen LogP contribution in [-0.2, 0) is 4.79 Å². The molecule has 2 aromatic heterocycles. The Bertz CT molecular complexity index is 1000. The molecule has 0 bridgehead atoms. The second kappa shape index (κ2) is 6.30. The highest BCUT2D eigenvalue weighted by Crippen LogP contribution is 2.35. The SMILES string of the molecule is CC1=C(C(=O)Nc2ccc(Cl)cc2)[C@H](c2ccc(C)o2)n2nnnc2N1. The number of tetrazole rings is 1. The summed E-state index contributed by atoms with van der Waals surface area (Å²) in [4.78, 5) is 13.0. The standard InChI is InChI=1S/C17H15ClN6O2/c1-9-3-8-13(26-9)15-14(10(2)19-17-21-22-23-24(15)17)16(25)20-12-6-4-11(18)5-7-12/h3-8,15H,1-2H3,(H,20,25)(H,19,21,23)/t15-/m0/s1. The number of nitrogens with zero attached hydrogens (tertiary/aromatic N) is 4. The molecule has 4 rings (SSSR count). The van der Waals surface area contributed by atoms with Crippen LogP contribution in [-0.4, -0.2) is 26.1 Å². The molecule has 1 amide bonds. The first-order valence-corrected chi connectivity index (χ1v) is 8.29. The number of halogens is 1. The number of rotatable bonds is 3. The number of hydrogen-bond acceptors (Lipinski definition) is 6. The molecule has 0 radical (unpaired) electrons. The normalized spacial score (nSPS) is 16.2. The molecule has 9 heteroatoms. The predicted molar refractivity (Wildman–Crippen MR) is 95.8 cm³/mol. The minimum atomic E-state index is -0.567. The van der Waals surface area contributed by atoms with Crippen molar-refractivity contribution in [3.63, 3.8) is 0 Å². The van der Waals surface area contributed by atoms with Gasteiger partial charge in [-0.2, -0.15) is 4.68 Å². The molecule has 0 fully saturated rings. The van der Waals surface area contributed by atoms with Gasteiger partial charge in [0, 0.05) is 16.4 Å². The lowest BCUT2D eigenvalue weighted by Crippen LogP contribution is -2.31. The van der Waals surface area contributed by atoms with Crippen LogP contribution >= 0.6 is 11.6 Å². The third kappa shape index (κ3) is 2.84. The molecule has 2 N–H and O–H groups in total. The van der Waals surface area contributed by atoms with E-state index in [2.05, 4.69) is 26.2 Å². The molecular formula is C17H15ClN6O2. The Morgan fingerprint density at radius 2 is 2.00 bits per heavy atom. The van der Waals surface area contributed by atoms with Gasteiger partial charge in [-0.3, -0.25) is 4.79 Å². The lowest BCUT2D eigenvalue weighted by Gasteiger charge is -2.26. The molecule has 0 aliphatic carbocycles. The number of allylic oxidation sites excluding steroid dienone is 1. The van der Waals surface area contributed by atoms with Crippen molar-refractivity contribution < 1.29 is 9.21 Å². The van der Waals surface area contributed by atoms with Crippen LogP contribution in [0.25, 0.3) is 0 Å². The summed E-state index contributed by atoms with van der Waals surface area (Å²) in [6.45, 7) is 3.65. The largest absolute Gasteiger partial charge is 0.464 e. The van der Waals surface area contributed by atoms with Crippen molar-refractivity contribution in [2.75, 3.05) is 10.6 Å². The van der Waals surface area contributed by atoms with Gasteiger partial charge in [-0.05, 0) is 60.7 Å². The molecule has 1 atom stereocenters. The lowest BCUT2D eigenvalue weighted by atomic mass is 10.00. The smallest absolute Gasteiger partial charge is 0.256 e. The van der Waals surface area contributed by atoms with Crippen LogP contribution in [0.5, 0.6) is 0 Å². The Labute approximate surface area is 153 Å². The maximum absolute atomic E-state index is 13.0. The number of benzene rings is 1. The number of carbonyl (C=O) groups excluding carboxylic acids is 1. The first-order chi connectivity index (χ1) is 12.5. The fourth-order valence-electron chi connectivity index (χ4n) is 2.90. The number of aromatic nitrogens is 4. The number of fused-ring (bicyclic) bond motifs is 1. The summed E-state index contributed by atoms with van der Waals surface area (Å²) < 4.78 is 7.30. The monoisotopic (exact) mass is 370 g/mol. The van der Waals surface area contributed by atoms with Gasteiger partial charge >= 0.3 is 0 Å². The van der Waals surface area contributed by atoms with Crippen LogP contribution < -0.4 is 10.6 Å². The maximum Gasteiger partial charge on any atom is 0.256 e. The molecule has 1 aliphatic rings. The number of carbonyl (C=O) groups is 1. The van der Waals surface area contributed by atoms with Crippen molar-refractivity contribution >= 4 is 29.1 Å². The van der Waals surface area contributed by atoms with Gasteiger partial charge < -0.3 is 15.1 Å². The molecule has 26 heavy (non-hydrogen) atoms. The van der Waals surface area contributed by atoms with E-state index >= 15 is 0 Å². The summed E-state index contributed by atoms with van der Waals surface area (Å²) in [5, 5.41) is 18.2. The average molecular weight is 371 g/mol. The van der Waals surface area contributed by atoms with E-state index in [1.54, 1.807) is 31.2 Å². The van der Waals surface area contributed by atoms with Crippen LogP contribution in [0.15, 0.2) is 52.1 Å². The molecule has 0 unspecified atom stereocenters.